The minimum Gasteiger partial charge on any atom is -0.330 e. The van der Waals surface area contributed by atoms with Gasteiger partial charge in [0, 0.05) is 17.1 Å². The van der Waals surface area contributed by atoms with Crippen molar-refractivity contribution in [1.29, 1.82) is 0 Å². The van der Waals surface area contributed by atoms with Gasteiger partial charge in [-0.15, -0.1) is 0 Å². The minimum absolute atomic E-state index is 0.0595. The van der Waals surface area contributed by atoms with Crippen molar-refractivity contribution >= 4 is 15.9 Å². The summed E-state index contributed by atoms with van der Waals surface area (Å²) in [4.78, 5) is 3.62. The van der Waals surface area contributed by atoms with Gasteiger partial charge in [0.05, 0.1) is 0 Å². The summed E-state index contributed by atoms with van der Waals surface area (Å²) in [6.45, 7) is -0.0595. The molecule has 2 N–H and O–H groups in total. The van der Waals surface area contributed by atoms with Crippen LogP contribution >= 0.6 is 15.9 Å². The summed E-state index contributed by atoms with van der Waals surface area (Å²) in [7, 11) is 0. The highest BCUT2D eigenvalue weighted by molar-refractivity contribution is 9.10. The van der Waals surface area contributed by atoms with E-state index in [2.05, 4.69) is 20.9 Å². The van der Waals surface area contributed by atoms with Crippen LogP contribution in [0.5, 0.6) is 0 Å². The Kier molecular flexibility index (Phi) is 3.33. The van der Waals surface area contributed by atoms with E-state index in [9.17, 15) is 8.78 Å². The topological polar surface area (TPSA) is 38.9 Å². The summed E-state index contributed by atoms with van der Waals surface area (Å²) in [5, 5.41) is 0. The number of pyridine rings is 1. The molecule has 0 radical (unpaired) electrons. The fraction of sp³-hybridized carbons (Fsp3) is 0.375. The Morgan fingerprint density at radius 1 is 1.54 bits per heavy atom. The fourth-order valence-electron chi connectivity index (χ4n) is 0.955. The van der Waals surface area contributed by atoms with Crippen molar-refractivity contribution in [2.45, 2.75) is 12.3 Å². The highest BCUT2D eigenvalue weighted by Gasteiger charge is 2.33. The maximum absolute atomic E-state index is 13.2. The largest absolute Gasteiger partial charge is 0.330 e. The van der Waals surface area contributed by atoms with Crippen molar-refractivity contribution in [3.63, 3.8) is 0 Å². The van der Waals surface area contributed by atoms with Crippen LogP contribution in [0.2, 0.25) is 0 Å². The van der Waals surface area contributed by atoms with Gasteiger partial charge in [-0.3, -0.25) is 4.98 Å². The Bertz CT molecular complexity index is 291. The van der Waals surface area contributed by atoms with Crippen molar-refractivity contribution in [3.05, 3.63) is 28.5 Å². The number of alkyl halides is 2. The Labute approximate surface area is 83.3 Å². The molecule has 0 saturated heterocycles. The van der Waals surface area contributed by atoms with Crippen LogP contribution in [-0.2, 0) is 5.92 Å². The Balaban J connectivity index is 2.99. The van der Waals surface area contributed by atoms with Crippen LogP contribution in [-0.4, -0.2) is 11.5 Å². The third kappa shape index (κ3) is 2.45. The molecule has 5 heteroatoms. The van der Waals surface area contributed by atoms with E-state index in [4.69, 9.17) is 5.73 Å². The van der Waals surface area contributed by atoms with Crippen molar-refractivity contribution in [1.82, 2.24) is 4.98 Å². The summed E-state index contributed by atoms with van der Waals surface area (Å²) < 4.78 is 26.8. The molecule has 2 nitrogen and oxygen atoms in total. The molecule has 0 aromatic carbocycles. The summed E-state index contributed by atoms with van der Waals surface area (Å²) >= 11 is 3.02. The van der Waals surface area contributed by atoms with E-state index >= 15 is 0 Å². The van der Waals surface area contributed by atoms with E-state index < -0.39 is 5.92 Å². The zero-order valence-corrected chi connectivity index (χ0v) is 8.39. The zero-order chi connectivity index (χ0) is 9.90. The van der Waals surface area contributed by atoms with Crippen LogP contribution in [0.4, 0.5) is 8.78 Å². The van der Waals surface area contributed by atoms with E-state index in [0.717, 1.165) is 0 Å². The average Bonchev–Trinajstić information content (AvgIpc) is 2.04. The lowest BCUT2D eigenvalue weighted by Gasteiger charge is -2.15. The average molecular weight is 251 g/mol. The van der Waals surface area contributed by atoms with Gasteiger partial charge in [0.2, 0.25) is 0 Å². The SMILES string of the molecule is NCCC(F)(F)c1ncccc1Br. The van der Waals surface area contributed by atoms with E-state index in [1.54, 1.807) is 6.07 Å². The van der Waals surface area contributed by atoms with Crippen molar-refractivity contribution in [2.24, 2.45) is 5.73 Å². The van der Waals surface area contributed by atoms with Crippen LogP contribution in [0.1, 0.15) is 12.1 Å². The van der Waals surface area contributed by atoms with E-state index in [-0.39, 0.29) is 18.7 Å². The predicted octanol–water partition coefficient (Wildman–Crippen LogP) is 2.28. The quantitative estimate of drug-likeness (QED) is 0.895. The molecule has 0 atom stereocenters. The van der Waals surface area contributed by atoms with Gasteiger partial charge < -0.3 is 5.73 Å². The van der Waals surface area contributed by atoms with Crippen LogP contribution in [0.25, 0.3) is 0 Å². The van der Waals surface area contributed by atoms with E-state index in [1.165, 1.54) is 12.3 Å². The van der Waals surface area contributed by atoms with Crippen LogP contribution in [0, 0.1) is 0 Å². The highest BCUT2D eigenvalue weighted by atomic mass is 79.9. The lowest BCUT2D eigenvalue weighted by molar-refractivity contribution is -0.0159. The first-order chi connectivity index (χ1) is 6.08. The van der Waals surface area contributed by atoms with Crippen molar-refractivity contribution in [3.8, 4) is 0 Å². The first-order valence-corrected chi connectivity index (χ1v) is 4.56. The van der Waals surface area contributed by atoms with E-state index in [1.807, 2.05) is 0 Å². The van der Waals surface area contributed by atoms with Crippen LogP contribution in [0.15, 0.2) is 22.8 Å². The molecule has 0 aliphatic heterocycles. The first kappa shape index (κ1) is 10.5. The zero-order valence-electron chi connectivity index (χ0n) is 6.80. The monoisotopic (exact) mass is 250 g/mol. The number of hydrogen-bond acceptors (Lipinski definition) is 2. The van der Waals surface area contributed by atoms with Gasteiger partial charge in [-0.05, 0) is 34.6 Å². The molecule has 0 aliphatic rings. The molecule has 0 bridgehead atoms. The minimum atomic E-state index is -2.95. The molecule has 0 unspecified atom stereocenters. The number of aromatic nitrogens is 1. The fourth-order valence-corrected chi connectivity index (χ4v) is 1.50. The Hall–Kier alpha value is -0.550. The molecule has 1 heterocycles. The molecule has 0 aliphatic carbocycles. The standard InChI is InChI=1S/C8H9BrF2N2/c9-6-2-1-5-13-7(6)8(10,11)3-4-12/h1-2,5H,3-4,12H2. The number of nitrogens with zero attached hydrogens (tertiary/aromatic N) is 1. The van der Waals surface area contributed by atoms with Crippen molar-refractivity contribution in [2.75, 3.05) is 6.54 Å². The van der Waals surface area contributed by atoms with Gasteiger partial charge in [0.1, 0.15) is 5.69 Å². The van der Waals surface area contributed by atoms with Gasteiger partial charge in [0.25, 0.3) is 5.92 Å². The number of hydrogen-bond donors (Lipinski definition) is 1. The van der Waals surface area contributed by atoms with Crippen LogP contribution < -0.4 is 5.73 Å². The van der Waals surface area contributed by atoms with E-state index in [0.29, 0.717) is 4.47 Å². The molecule has 1 aromatic rings. The second-order valence-electron chi connectivity index (χ2n) is 2.58. The molecule has 1 aromatic heterocycles. The number of rotatable bonds is 3. The second-order valence-corrected chi connectivity index (χ2v) is 3.43. The Morgan fingerprint density at radius 3 is 2.77 bits per heavy atom. The molecular weight excluding hydrogens is 242 g/mol. The molecule has 72 valence electrons. The predicted molar refractivity (Wildman–Crippen MR) is 49.5 cm³/mol. The van der Waals surface area contributed by atoms with Gasteiger partial charge >= 0.3 is 0 Å². The third-order valence-electron chi connectivity index (χ3n) is 1.56. The molecule has 1 rings (SSSR count). The van der Waals surface area contributed by atoms with Gasteiger partial charge in [-0.1, -0.05) is 0 Å². The summed E-state index contributed by atoms with van der Waals surface area (Å²) in [6, 6.07) is 3.12. The maximum Gasteiger partial charge on any atom is 0.292 e. The summed E-state index contributed by atoms with van der Waals surface area (Å²) in [6.07, 6.45) is 0.952. The van der Waals surface area contributed by atoms with Gasteiger partial charge in [-0.2, -0.15) is 8.78 Å². The maximum atomic E-state index is 13.2. The Morgan fingerprint density at radius 2 is 2.23 bits per heavy atom. The van der Waals surface area contributed by atoms with Gasteiger partial charge in [0.15, 0.2) is 0 Å². The van der Waals surface area contributed by atoms with Gasteiger partial charge in [-0.25, -0.2) is 0 Å². The molecule has 13 heavy (non-hydrogen) atoms. The molecule has 0 amide bonds. The van der Waals surface area contributed by atoms with Crippen molar-refractivity contribution < 1.29 is 8.78 Å². The molecule has 0 fully saturated rings. The highest BCUT2D eigenvalue weighted by Crippen LogP contribution is 2.33. The van der Waals surface area contributed by atoms with Crippen LogP contribution in [0.3, 0.4) is 0 Å². The number of nitrogens with two attached hydrogens (primary N) is 1. The number of halogens is 3. The molecular formula is C8H9BrF2N2. The smallest absolute Gasteiger partial charge is 0.292 e. The first-order valence-electron chi connectivity index (χ1n) is 3.77. The summed E-state index contributed by atoms with van der Waals surface area (Å²) in [5.74, 6) is -2.95. The molecule has 0 saturated carbocycles. The normalized spacial score (nSPS) is 11.7. The lowest BCUT2D eigenvalue weighted by Crippen LogP contribution is -2.20. The molecule has 0 spiro atoms. The lowest BCUT2D eigenvalue weighted by atomic mass is 10.1. The summed E-state index contributed by atoms with van der Waals surface area (Å²) in [5.41, 5.74) is 4.83. The second kappa shape index (κ2) is 4.11. The third-order valence-corrected chi connectivity index (χ3v) is 2.20.